The first kappa shape index (κ1) is 16.8. The number of amides is 1. The number of nitrogens with one attached hydrogen (secondary N) is 2. The summed E-state index contributed by atoms with van der Waals surface area (Å²) in [7, 11) is 0. The molecule has 122 valence electrons. The summed E-state index contributed by atoms with van der Waals surface area (Å²) in [6.07, 6.45) is 4.45. The lowest BCUT2D eigenvalue weighted by molar-refractivity contribution is 0.0914. The molecular formula is C18H28N2O2. The Hall–Kier alpha value is -1.55. The van der Waals surface area contributed by atoms with Crippen LogP contribution < -0.4 is 15.4 Å². The van der Waals surface area contributed by atoms with Gasteiger partial charge in [-0.25, -0.2) is 0 Å². The fourth-order valence-electron chi connectivity index (χ4n) is 2.72. The Kier molecular flexibility index (Phi) is 6.72. The van der Waals surface area contributed by atoms with Gasteiger partial charge in [-0.15, -0.1) is 0 Å². The average Bonchev–Trinajstić information content (AvgIpc) is 2.54. The largest absolute Gasteiger partial charge is 0.494 e. The number of hydrogen-bond donors (Lipinski definition) is 2. The van der Waals surface area contributed by atoms with Gasteiger partial charge in [-0.05, 0) is 56.1 Å². The standard InChI is InChI=1S/C18H28N2O2/c1-3-4-5-12-22-16-8-6-15(7-9-16)18(21)20-17-10-11-19-13-14(17)2/h6-9,14,17,19H,3-5,10-13H2,1-2H3,(H,20,21). The molecule has 1 heterocycles. The van der Waals surface area contributed by atoms with Crippen molar-refractivity contribution in [2.24, 2.45) is 5.92 Å². The van der Waals surface area contributed by atoms with Crippen LogP contribution >= 0.6 is 0 Å². The molecule has 0 bridgehead atoms. The van der Waals surface area contributed by atoms with Gasteiger partial charge in [0.2, 0.25) is 0 Å². The van der Waals surface area contributed by atoms with Crippen molar-refractivity contribution in [2.45, 2.75) is 45.6 Å². The molecule has 2 rings (SSSR count). The van der Waals surface area contributed by atoms with Gasteiger partial charge in [0.05, 0.1) is 6.61 Å². The monoisotopic (exact) mass is 304 g/mol. The minimum Gasteiger partial charge on any atom is -0.494 e. The lowest BCUT2D eigenvalue weighted by Crippen LogP contribution is -2.48. The smallest absolute Gasteiger partial charge is 0.251 e. The number of piperidine rings is 1. The van der Waals surface area contributed by atoms with Crippen molar-refractivity contribution < 1.29 is 9.53 Å². The van der Waals surface area contributed by atoms with Crippen molar-refractivity contribution >= 4 is 5.91 Å². The van der Waals surface area contributed by atoms with Gasteiger partial charge in [0.1, 0.15) is 5.75 Å². The van der Waals surface area contributed by atoms with E-state index in [2.05, 4.69) is 24.5 Å². The van der Waals surface area contributed by atoms with Crippen molar-refractivity contribution in [1.82, 2.24) is 10.6 Å². The molecule has 1 aliphatic rings. The number of rotatable bonds is 7. The quantitative estimate of drug-likeness (QED) is 0.761. The van der Waals surface area contributed by atoms with Crippen molar-refractivity contribution in [1.29, 1.82) is 0 Å². The molecule has 4 heteroatoms. The van der Waals surface area contributed by atoms with Crippen LogP contribution in [-0.2, 0) is 0 Å². The molecule has 22 heavy (non-hydrogen) atoms. The number of unbranched alkanes of at least 4 members (excludes halogenated alkanes) is 2. The van der Waals surface area contributed by atoms with Gasteiger partial charge in [0.25, 0.3) is 5.91 Å². The second-order valence-electron chi connectivity index (χ2n) is 6.13. The van der Waals surface area contributed by atoms with E-state index >= 15 is 0 Å². The molecule has 2 atom stereocenters. The van der Waals surface area contributed by atoms with Gasteiger partial charge in [0.15, 0.2) is 0 Å². The number of carbonyl (C=O) groups excluding carboxylic acids is 1. The first-order valence-corrected chi connectivity index (χ1v) is 8.45. The Bertz CT molecular complexity index is 459. The summed E-state index contributed by atoms with van der Waals surface area (Å²) in [5.74, 6) is 1.32. The minimum absolute atomic E-state index is 0.0104. The maximum Gasteiger partial charge on any atom is 0.251 e. The van der Waals surface area contributed by atoms with E-state index in [4.69, 9.17) is 4.74 Å². The summed E-state index contributed by atoms with van der Waals surface area (Å²) in [6.45, 7) is 7.03. The molecule has 1 aromatic rings. The molecule has 1 fully saturated rings. The molecule has 1 amide bonds. The first-order chi connectivity index (χ1) is 10.7. The van der Waals surface area contributed by atoms with E-state index in [9.17, 15) is 4.79 Å². The van der Waals surface area contributed by atoms with Crippen LogP contribution in [0.4, 0.5) is 0 Å². The van der Waals surface area contributed by atoms with Crippen LogP contribution in [0.5, 0.6) is 5.75 Å². The highest BCUT2D eigenvalue weighted by Crippen LogP contribution is 2.15. The number of hydrogen-bond acceptors (Lipinski definition) is 3. The molecule has 2 unspecified atom stereocenters. The van der Waals surface area contributed by atoms with Gasteiger partial charge in [-0.3, -0.25) is 4.79 Å². The van der Waals surface area contributed by atoms with Crippen LogP contribution in [-0.4, -0.2) is 31.6 Å². The van der Waals surface area contributed by atoms with Gasteiger partial charge in [-0.1, -0.05) is 26.7 Å². The van der Waals surface area contributed by atoms with Gasteiger partial charge < -0.3 is 15.4 Å². The van der Waals surface area contributed by atoms with Crippen LogP contribution in [0, 0.1) is 5.92 Å². The third kappa shape index (κ3) is 5.02. The molecule has 0 saturated carbocycles. The van der Waals surface area contributed by atoms with Crippen molar-refractivity contribution in [3.8, 4) is 5.75 Å². The molecule has 0 aliphatic carbocycles. The fourth-order valence-corrected chi connectivity index (χ4v) is 2.72. The predicted molar refractivity (Wildman–Crippen MR) is 89.4 cm³/mol. The fraction of sp³-hybridized carbons (Fsp3) is 0.611. The van der Waals surface area contributed by atoms with Crippen molar-refractivity contribution in [2.75, 3.05) is 19.7 Å². The van der Waals surface area contributed by atoms with E-state index < -0.39 is 0 Å². The summed E-state index contributed by atoms with van der Waals surface area (Å²) < 4.78 is 5.67. The first-order valence-electron chi connectivity index (χ1n) is 8.45. The van der Waals surface area contributed by atoms with Gasteiger partial charge >= 0.3 is 0 Å². The number of benzene rings is 1. The van der Waals surface area contributed by atoms with Crippen molar-refractivity contribution in [3.05, 3.63) is 29.8 Å². The number of carbonyl (C=O) groups is 1. The lowest BCUT2D eigenvalue weighted by atomic mass is 9.95. The Labute approximate surface area is 133 Å². The molecule has 2 N–H and O–H groups in total. The van der Waals surface area contributed by atoms with E-state index in [0.717, 1.165) is 38.3 Å². The van der Waals surface area contributed by atoms with Crippen molar-refractivity contribution in [3.63, 3.8) is 0 Å². The predicted octanol–water partition coefficient (Wildman–Crippen LogP) is 2.98. The number of ether oxygens (including phenoxy) is 1. The second kappa shape index (κ2) is 8.79. The third-order valence-electron chi connectivity index (χ3n) is 4.23. The Morgan fingerprint density at radius 2 is 2.09 bits per heavy atom. The molecule has 1 aromatic carbocycles. The zero-order chi connectivity index (χ0) is 15.8. The maximum atomic E-state index is 12.3. The Morgan fingerprint density at radius 3 is 2.77 bits per heavy atom. The zero-order valence-electron chi connectivity index (χ0n) is 13.7. The summed E-state index contributed by atoms with van der Waals surface area (Å²) in [4.78, 5) is 12.3. The normalized spacial score (nSPS) is 21.4. The van der Waals surface area contributed by atoms with E-state index in [0.29, 0.717) is 11.5 Å². The molecular weight excluding hydrogens is 276 g/mol. The van der Waals surface area contributed by atoms with Crippen LogP contribution in [0.1, 0.15) is 49.9 Å². The molecule has 0 radical (unpaired) electrons. The van der Waals surface area contributed by atoms with E-state index in [-0.39, 0.29) is 11.9 Å². The summed E-state index contributed by atoms with van der Waals surface area (Å²) in [5, 5.41) is 6.49. The summed E-state index contributed by atoms with van der Waals surface area (Å²) in [5.41, 5.74) is 0.701. The maximum absolute atomic E-state index is 12.3. The topological polar surface area (TPSA) is 50.4 Å². The Morgan fingerprint density at radius 1 is 1.32 bits per heavy atom. The third-order valence-corrected chi connectivity index (χ3v) is 4.23. The molecule has 0 aromatic heterocycles. The summed E-state index contributed by atoms with van der Waals surface area (Å²) in [6, 6.07) is 7.71. The molecule has 0 spiro atoms. The van der Waals surface area contributed by atoms with Crippen LogP contribution in [0.25, 0.3) is 0 Å². The average molecular weight is 304 g/mol. The Balaban J connectivity index is 1.82. The van der Waals surface area contributed by atoms with Crippen LogP contribution in [0.3, 0.4) is 0 Å². The van der Waals surface area contributed by atoms with E-state index in [1.54, 1.807) is 0 Å². The molecule has 1 saturated heterocycles. The highest BCUT2D eigenvalue weighted by atomic mass is 16.5. The zero-order valence-corrected chi connectivity index (χ0v) is 13.7. The highest BCUT2D eigenvalue weighted by Gasteiger charge is 2.22. The van der Waals surface area contributed by atoms with E-state index in [1.165, 1.54) is 12.8 Å². The van der Waals surface area contributed by atoms with Crippen LogP contribution in [0.15, 0.2) is 24.3 Å². The minimum atomic E-state index is 0.0104. The lowest BCUT2D eigenvalue weighted by Gasteiger charge is -2.30. The van der Waals surface area contributed by atoms with Gasteiger partial charge in [-0.2, -0.15) is 0 Å². The molecule has 4 nitrogen and oxygen atoms in total. The summed E-state index contributed by atoms with van der Waals surface area (Å²) >= 11 is 0. The van der Waals surface area contributed by atoms with Gasteiger partial charge in [0, 0.05) is 11.6 Å². The highest BCUT2D eigenvalue weighted by molar-refractivity contribution is 5.94. The second-order valence-corrected chi connectivity index (χ2v) is 6.13. The molecule has 1 aliphatic heterocycles. The SMILES string of the molecule is CCCCCOc1ccc(C(=O)NC2CCNCC2C)cc1. The van der Waals surface area contributed by atoms with Crippen LogP contribution in [0.2, 0.25) is 0 Å². The van der Waals surface area contributed by atoms with E-state index in [1.807, 2.05) is 24.3 Å².